The highest BCUT2D eigenvalue weighted by Crippen LogP contribution is 2.59. The number of hydrazone groups is 1. The summed E-state index contributed by atoms with van der Waals surface area (Å²) in [7, 11) is 0. The minimum absolute atomic E-state index is 0.135. The van der Waals surface area contributed by atoms with Crippen LogP contribution < -0.4 is 9.91 Å². The van der Waals surface area contributed by atoms with Gasteiger partial charge >= 0.3 is 0 Å². The second kappa shape index (κ2) is 9.70. The molecular weight excluding hydrogens is 519 g/mol. The van der Waals surface area contributed by atoms with Crippen molar-refractivity contribution in [2.45, 2.75) is 11.3 Å². The molecule has 4 aromatic rings. The second-order valence-electron chi connectivity index (χ2n) is 8.51. The summed E-state index contributed by atoms with van der Waals surface area (Å²) >= 11 is 4.12. The van der Waals surface area contributed by atoms with Gasteiger partial charge in [0.25, 0.3) is 5.91 Å². The number of thioether (sulfide) groups is 2. The van der Waals surface area contributed by atoms with E-state index < -0.39 is 4.33 Å². The predicted octanol–water partition coefficient (Wildman–Crippen LogP) is 7.24. The van der Waals surface area contributed by atoms with E-state index in [1.807, 2.05) is 114 Å². The molecule has 1 spiro atoms. The van der Waals surface area contributed by atoms with Gasteiger partial charge in [0.1, 0.15) is 0 Å². The van der Waals surface area contributed by atoms with Crippen LogP contribution in [0.15, 0.2) is 112 Å². The van der Waals surface area contributed by atoms with E-state index in [0.717, 1.165) is 22.5 Å². The summed E-state index contributed by atoms with van der Waals surface area (Å²) in [4.78, 5) is 30.5. The van der Waals surface area contributed by atoms with Crippen molar-refractivity contribution in [1.29, 1.82) is 0 Å². The summed E-state index contributed by atoms with van der Waals surface area (Å²) in [5, 5.41) is 8.91. The molecule has 0 bridgehead atoms. The Morgan fingerprint density at radius 2 is 1.54 bits per heavy atom. The van der Waals surface area contributed by atoms with Crippen LogP contribution in [0.25, 0.3) is 6.08 Å². The van der Waals surface area contributed by atoms with Gasteiger partial charge in [-0.2, -0.15) is 5.10 Å². The zero-order valence-electron chi connectivity index (χ0n) is 19.8. The van der Waals surface area contributed by atoms with Gasteiger partial charge in [0.15, 0.2) is 5.04 Å². The van der Waals surface area contributed by atoms with E-state index in [1.54, 1.807) is 11.0 Å². The molecule has 1 atom stereocenters. The summed E-state index contributed by atoms with van der Waals surface area (Å²) in [6.07, 6.45) is 1.91. The number of hydrogen-bond donors (Lipinski definition) is 0. The minimum Gasteiger partial charge on any atom is -0.285 e. The van der Waals surface area contributed by atoms with Gasteiger partial charge in [0.2, 0.25) is 10.1 Å². The second-order valence-corrected chi connectivity index (χ2v) is 12.1. The maximum atomic E-state index is 14.1. The third kappa shape index (κ3) is 4.31. The van der Waals surface area contributed by atoms with Crippen molar-refractivity contribution in [3.8, 4) is 0 Å². The number of amides is 1. The van der Waals surface area contributed by atoms with E-state index in [2.05, 4.69) is 0 Å². The van der Waals surface area contributed by atoms with Gasteiger partial charge in [0, 0.05) is 5.69 Å². The minimum atomic E-state index is -1.05. The van der Waals surface area contributed by atoms with Crippen molar-refractivity contribution < 1.29 is 9.59 Å². The molecule has 6 rings (SSSR count). The summed E-state index contributed by atoms with van der Waals surface area (Å²) in [6, 6.07) is 31.0. The lowest BCUT2D eigenvalue weighted by atomic mass is 10.2. The number of hydrogen-bond acceptors (Lipinski definition) is 7. The first kappa shape index (κ1) is 23.8. The number of para-hydroxylation sites is 1. The molecule has 0 radical (unpaired) electrons. The Morgan fingerprint density at radius 1 is 0.838 bits per heavy atom. The molecule has 3 heterocycles. The van der Waals surface area contributed by atoms with Gasteiger partial charge in [-0.25, -0.2) is 5.01 Å². The average Bonchev–Trinajstić information content (AvgIpc) is 3.65. The third-order valence-electron chi connectivity index (χ3n) is 5.96. The summed E-state index contributed by atoms with van der Waals surface area (Å²) in [6.45, 7) is 2.03. The largest absolute Gasteiger partial charge is 0.285 e. The summed E-state index contributed by atoms with van der Waals surface area (Å²) in [5.74, 6) is -0.278. The maximum absolute atomic E-state index is 14.1. The van der Waals surface area contributed by atoms with Gasteiger partial charge in [-0.05, 0) is 66.0 Å². The van der Waals surface area contributed by atoms with Crippen LogP contribution in [0.3, 0.4) is 0 Å². The highest BCUT2D eigenvalue weighted by atomic mass is 32.2. The Kier molecular flexibility index (Phi) is 6.24. The quantitative estimate of drug-likeness (QED) is 0.198. The SMILES string of the molecule is Cc1ccc(N2N=C(C(=O)c3cccs3)S[C@@]23S/C(=C/c2ccccc2)C(=O)N3c2ccccc2)cc1. The van der Waals surface area contributed by atoms with Gasteiger partial charge in [0.05, 0.1) is 15.5 Å². The van der Waals surface area contributed by atoms with Crippen LogP contribution in [0.4, 0.5) is 11.4 Å². The molecule has 0 aliphatic carbocycles. The number of thiophene rings is 1. The molecule has 1 amide bonds. The van der Waals surface area contributed by atoms with E-state index in [4.69, 9.17) is 5.10 Å². The molecule has 37 heavy (non-hydrogen) atoms. The van der Waals surface area contributed by atoms with E-state index in [0.29, 0.717) is 14.8 Å². The fraction of sp³-hybridized carbons (Fsp3) is 0.0690. The molecule has 2 aliphatic heterocycles. The number of benzene rings is 3. The van der Waals surface area contributed by atoms with Gasteiger partial charge in [-0.15, -0.1) is 11.3 Å². The third-order valence-corrected chi connectivity index (χ3v) is 9.54. The number of anilines is 2. The highest BCUT2D eigenvalue weighted by Gasteiger charge is 2.60. The molecule has 8 heteroatoms. The Balaban J connectivity index is 1.52. The van der Waals surface area contributed by atoms with Crippen molar-refractivity contribution in [1.82, 2.24) is 0 Å². The lowest BCUT2D eigenvalue weighted by Gasteiger charge is -2.38. The molecule has 1 fully saturated rings. The Labute approximate surface area is 227 Å². The standard InChI is InChI=1S/C29H21N3O2S3/c1-20-14-16-23(17-15-20)32-29(37-27(30-32)26(33)24-13-8-18-35-24)31(22-11-6-3-7-12-22)28(34)25(36-29)19-21-9-4-2-5-10-21/h2-19H,1H3/b25-19+/t29-/m1/s1. The van der Waals surface area contributed by atoms with Crippen LogP contribution in [0, 0.1) is 6.92 Å². The van der Waals surface area contributed by atoms with Gasteiger partial charge in [-0.3, -0.25) is 14.5 Å². The van der Waals surface area contributed by atoms with Crippen LogP contribution in [-0.4, -0.2) is 21.1 Å². The monoisotopic (exact) mass is 539 g/mol. The van der Waals surface area contributed by atoms with Crippen LogP contribution in [0.2, 0.25) is 0 Å². The Hall–Kier alpha value is -3.59. The van der Waals surface area contributed by atoms with Crippen LogP contribution in [0.5, 0.6) is 0 Å². The zero-order valence-corrected chi connectivity index (χ0v) is 22.2. The first-order chi connectivity index (χ1) is 18.0. The lowest BCUT2D eigenvalue weighted by molar-refractivity contribution is -0.114. The zero-order chi connectivity index (χ0) is 25.4. The molecule has 1 aromatic heterocycles. The van der Waals surface area contributed by atoms with Crippen molar-refractivity contribution in [3.05, 3.63) is 123 Å². The highest BCUT2D eigenvalue weighted by molar-refractivity contribution is 8.29. The molecule has 3 aromatic carbocycles. The number of aryl methyl sites for hydroxylation is 1. The fourth-order valence-electron chi connectivity index (χ4n) is 4.18. The molecule has 2 aliphatic rings. The smallest absolute Gasteiger partial charge is 0.268 e. The van der Waals surface area contributed by atoms with Gasteiger partial charge in [-0.1, -0.05) is 84.1 Å². The molecule has 1 saturated heterocycles. The number of carbonyl (C=O) groups excluding carboxylic acids is 2. The molecule has 182 valence electrons. The van der Waals surface area contributed by atoms with E-state index in [-0.39, 0.29) is 11.7 Å². The van der Waals surface area contributed by atoms with Crippen molar-refractivity contribution in [2.75, 3.05) is 9.91 Å². The number of nitrogens with zero attached hydrogens (tertiary/aromatic N) is 3. The summed E-state index contributed by atoms with van der Waals surface area (Å²) in [5.41, 5.74) is 3.59. The molecule has 0 unspecified atom stereocenters. The van der Waals surface area contributed by atoms with Crippen LogP contribution in [0.1, 0.15) is 20.8 Å². The van der Waals surface area contributed by atoms with E-state index in [1.165, 1.54) is 34.9 Å². The first-order valence-corrected chi connectivity index (χ1v) is 14.1. The van der Waals surface area contributed by atoms with Crippen molar-refractivity contribution >= 4 is 69.0 Å². The number of Topliss-reactive ketones (excluding diaryl/α,β-unsaturated/α-hetero) is 1. The fourth-order valence-corrected chi connectivity index (χ4v) is 7.84. The summed E-state index contributed by atoms with van der Waals surface area (Å²) < 4.78 is -1.05. The Morgan fingerprint density at radius 3 is 2.22 bits per heavy atom. The molecule has 0 N–H and O–H groups in total. The molecular formula is C29H21N3O2S3. The molecule has 5 nitrogen and oxygen atoms in total. The van der Waals surface area contributed by atoms with E-state index in [9.17, 15) is 9.59 Å². The van der Waals surface area contributed by atoms with E-state index >= 15 is 0 Å². The average molecular weight is 540 g/mol. The maximum Gasteiger partial charge on any atom is 0.268 e. The van der Waals surface area contributed by atoms with Crippen molar-refractivity contribution in [2.24, 2.45) is 5.10 Å². The first-order valence-electron chi connectivity index (χ1n) is 11.6. The van der Waals surface area contributed by atoms with Crippen LogP contribution in [-0.2, 0) is 4.79 Å². The lowest BCUT2D eigenvalue weighted by Crippen LogP contribution is -2.51. The number of ketones is 1. The topological polar surface area (TPSA) is 53.0 Å². The van der Waals surface area contributed by atoms with Gasteiger partial charge < -0.3 is 0 Å². The Bertz CT molecular complexity index is 1520. The number of rotatable bonds is 5. The molecule has 0 saturated carbocycles. The van der Waals surface area contributed by atoms with Crippen molar-refractivity contribution in [3.63, 3.8) is 0 Å². The number of carbonyl (C=O) groups is 2. The van der Waals surface area contributed by atoms with Crippen LogP contribution >= 0.6 is 34.9 Å². The predicted molar refractivity (Wildman–Crippen MR) is 156 cm³/mol. The normalized spacial score (nSPS) is 20.2.